The number of nitriles is 1. The third kappa shape index (κ3) is 5.93. The summed E-state index contributed by atoms with van der Waals surface area (Å²) in [7, 11) is 3.25. The number of thiocarbonyl (C=S) groups is 1. The van der Waals surface area contributed by atoms with Gasteiger partial charge in [0.25, 0.3) is 11.5 Å². The van der Waals surface area contributed by atoms with Crippen LogP contribution in [0.5, 0.6) is 5.75 Å². The number of anilines is 1. The highest BCUT2D eigenvalue weighted by Gasteiger charge is 2.34. The van der Waals surface area contributed by atoms with E-state index in [0.717, 1.165) is 11.3 Å². The van der Waals surface area contributed by atoms with Crippen LogP contribution in [0.1, 0.15) is 42.0 Å². The average molecular weight is 581 g/mol. The van der Waals surface area contributed by atoms with Crippen LogP contribution in [-0.2, 0) is 27.8 Å². The van der Waals surface area contributed by atoms with E-state index in [0.29, 0.717) is 71.7 Å². The molecule has 0 N–H and O–H groups in total. The molecule has 3 heterocycles. The van der Waals surface area contributed by atoms with Crippen molar-refractivity contribution in [3.63, 3.8) is 0 Å². The van der Waals surface area contributed by atoms with Gasteiger partial charge in [-0.05, 0) is 62.4 Å². The van der Waals surface area contributed by atoms with E-state index in [1.54, 1.807) is 39.0 Å². The summed E-state index contributed by atoms with van der Waals surface area (Å²) in [5, 5.41) is 9.75. The van der Waals surface area contributed by atoms with Crippen LogP contribution in [0, 0.1) is 24.2 Å². The topological polar surface area (TPSA) is 105 Å². The Labute approximate surface area is 243 Å². The predicted molar refractivity (Wildman–Crippen MR) is 159 cm³/mol. The first kappa shape index (κ1) is 29.4. The minimum absolute atomic E-state index is 0.0360. The van der Waals surface area contributed by atoms with Gasteiger partial charge in [-0.3, -0.25) is 23.9 Å². The van der Waals surface area contributed by atoms with Crippen molar-refractivity contribution in [2.45, 2.75) is 33.1 Å². The van der Waals surface area contributed by atoms with Crippen molar-refractivity contribution < 1.29 is 19.1 Å². The first-order valence-corrected chi connectivity index (χ1v) is 14.4. The number of aromatic nitrogens is 1. The quantitative estimate of drug-likeness (QED) is 0.262. The zero-order chi connectivity index (χ0) is 29.0. The molecule has 0 radical (unpaired) electrons. The maximum Gasteiger partial charge on any atom is 0.309 e. The van der Waals surface area contributed by atoms with Crippen molar-refractivity contribution in [3.8, 4) is 11.8 Å². The number of carbonyl (C=O) groups excluding carboxylic acids is 2. The van der Waals surface area contributed by atoms with Gasteiger partial charge in [0.1, 0.15) is 27.5 Å². The van der Waals surface area contributed by atoms with Gasteiger partial charge < -0.3 is 14.4 Å². The monoisotopic (exact) mass is 580 g/mol. The molecule has 2 fully saturated rings. The van der Waals surface area contributed by atoms with Crippen molar-refractivity contribution in [1.29, 1.82) is 5.26 Å². The van der Waals surface area contributed by atoms with Gasteiger partial charge in [-0.25, -0.2) is 0 Å². The number of amides is 1. The Morgan fingerprint density at radius 3 is 2.50 bits per heavy atom. The normalized spacial score (nSPS) is 16.9. The summed E-state index contributed by atoms with van der Waals surface area (Å²) in [5.74, 6) is 0.779. The lowest BCUT2D eigenvalue weighted by atomic mass is 9.95. The predicted octanol–water partition coefficient (Wildman–Crippen LogP) is 3.80. The highest BCUT2D eigenvalue weighted by atomic mass is 32.2. The Morgan fingerprint density at radius 2 is 1.90 bits per heavy atom. The molecule has 0 spiro atoms. The fraction of sp³-hybridized carbons (Fsp3) is 0.414. The molecule has 2 aromatic rings. The fourth-order valence-corrected chi connectivity index (χ4v) is 6.33. The van der Waals surface area contributed by atoms with Gasteiger partial charge in [0.15, 0.2) is 0 Å². The molecule has 0 aliphatic carbocycles. The third-order valence-corrected chi connectivity index (χ3v) is 8.69. The first-order valence-electron chi connectivity index (χ1n) is 13.1. The Kier molecular flexibility index (Phi) is 9.32. The number of esters is 1. The minimum Gasteiger partial charge on any atom is -0.497 e. The van der Waals surface area contributed by atoms with Crippen LogP contribution in [0.4, 0.5) is 5.82 Å². The molecule has 0 atom stereocenters. The number of nitrogens with zero attached hydrogens (tertiary/aromatic N) is 4. The number of rotatable bonds is 8. The molecule has 11 heteroatoms. The molecule has 2 aliphatic rings. The van der Waals surface area contributed by atoms with Gasteiger partial charge >= 0.3 is 5.97 Å². The number of piperidine rings is 1. The van der Waals surface area contributed by atoms with Gasteiger partial charge in [0.05, 0.1) is 24.5 Å². The number of thioether (sulfide) groups is 1. The van der Waals surface area contributed by atoms with E-state index in [9.17, 15) is 19.6 Å². The lowest BCUT2D eigenvalue weighted by molar-refractivity contribution is -0.148. The largest absolute Gasteiger partial charge is 0.497 e. The number of ether oxygens (including phenoxy) is 2. The molecule has 2 saturated heterocycles. The molecule has 9 nitrogen and oxygen atoms in total. The first-order chi connectivity index (χ1) is 19.2. The van der Waals surface area contributed by atoms with Crippen LogP contribution in [0.3, 0.4) is 0 Å². The Bertz CT molecular complexity index is 1450. The summed E-state index contributed by atoms with van der Waals surface area (Å²) in [5.41, 5.74) is 1.83. The second-order valence-electron chi connectivity index (χ2n) is 9.66. The van der Waals surface area contributed by atoms with E-state index >= 15 is 0 Å². The molecular formula is C29H32N4O5S2. The lowest BCUT2D eigenvalue weighted by Gasteiger charge is -2.35. The molecule has 210 valence electrons. The summed E-state index contributed by atoms with van der Waals surface area (Å²) in [4.78, 5) is 42.9. The number of hydrogen-bond donors (Lipinski definition) is 0. The molecular weight excluding hydrogens is 548 g/mol. The SMILES string of the molecule is CCOC(=O)C1CCN(c2c(/C=C3\SC(=S)N(CCc4ccc(OC)cc4)C3=O)c(C)c(C#N)c(=O)n2C)CC1. The highest BCUT2D eigenvalue weighted by Crippen LogP contribution is 2.36. The van der Waals surface area contributed by atoms with E-state index in [2.05, 4.69) is 0 Å². The Hall–Kier alpha value is -3.62. The molecule has 2 aliphatic heterocycles. The van der Waals surface area contributed by atoms with Gasteiger partial charge in [0, 0.05) is 32.2 Å². The van der Waals surface area contributed by atoms with Gasteiger partial charge in [0.2, 0.25) is 0 Å². The number of benzene rings is 1. The van der Waals surface area contributed by atoms with Crippen LogP contribution in [0.2, 0.25) is 0 Å². The van der Waals surface area contributed by atoms with E-state index in [4.69, 9.17) is 21.7 Å². The van der Waals surface area contributed by atoms with Crippen LogP contribution in [0.15, 0.2) is 34.0 Å². The number of carbonyl (C=O) groups is 2. The van der Waals surface area contributed by atoms with Crippen molar-refractivity contribution in [2.75, 3.05) is 38.3 Å². The van der Waals surface area contributed by atoms with E-state index in [1.165, 1.54) is 16.3 Å². The van der Waals surface area contributed by atoms with Gasteiger partial charge in [-0.2, -0.15) is 5.26 Å². The van der Waals surface area contributed by atoms with Crippen molar-refractivity contribution in [1.82, 2.24) is 9.47 Å². The number of pyridine rings is 1. The molecule has 1 aromatic heterocycles. The van der Waals surface area contributed by atoms with Gasteiger partial charge in [-0.15, -0.1) is 0 Å². The minimum atomic E-state index is -0.397. The zero-order valence-electron chi connectivity index (χ0n) is 23.1. The van der Waals surface area contributed by atoms with Crippen molar-refractivity contribution in [3.05, 3.63) is 61.8 Å². The zero-order valence-corrected chi connectivity index (χ0v) is 24.7. The van der Waals surface area contributed by atoms with Crippen LogP contribution in [-0.4, -0.2) is 59.0 Å². The summed E-state index contributed by atoms with van der Waals surface area (Å²) < 4.78 is 12.3. The van der Waals surface area contributed by atoms with Gasteiger partial charge in [-0.1, -0.05) is 36.1 Å². The summed E-state index contributed by atoms with van der Waals surface area (Å²) in [6.45, 7) is 5.35. The van der Waals surface area contributed by atoms with Crippen molar-refractivity contribution in [2.24, 2.45) is 13.0 Å². The molecule has 0 saturated carbocycles. The molecule has 4 rings (SSSR count). The molecule has 0 bridgehead atoms. The number of methoxy groups -OCH3 is 1. The second kappa shape index (κ2) is 12.7. The Morgan fingerprint density at radius 1 is 1.23 bits per heavy atom. The Balaban J connectivity index is 1.63. The number of hydrogen-bond acceptors (Lipinski definition) is 9. The summed E-state index contributed by atoms with van der Waals surface area (Å²) in [6, 6.07) is 9.71. The lowest BCUT2D eigenvalue weighted by Crippen LogP contribution is -2.40. The van der Waals surface area contributed by atoms with Crippen molar-refractivity contribution >= 4 is 52.1 Å². The molecule has 1 aromatic carbocycles. The highest BCUT2D eigenvalue weighted by molar-refractivity contribution is 8.26. The summed E-state index contributed by atoms with van der Waals surface area (Å²) in [6.07, 6.45) is 3.54. The molecule has 0 unspecified atom stereocenters. The van der Waals surface area contributed by atoms with E-state index in [1.807, 2.05) is 35.2 Å². The summed E-state index contributed by atoms with van der Waals surface area (Å²) >= 11 is 6.77. The standard InChI is InChI=1S/C29H32N4O5S2/c1-5-38-28(36)20-11-13-32(14-12-20)25-22(18(2)23(17-30)26(34)31(25)3)16-24-27(35)33(29(39)40-24)15-10-19-6-8-21(37-4)9-7-19/h6-9,16,20H,5,10-15H2,1-4H3/b24-16-. The second-order valence-corrected chi connectivity index (χ2v) is 11.3. The van der Waals surface area contributed by atoms with E-state index < -0.39 is 5.56 Å². The molecule has 40 heavy (non-hydrogen) atoms. The fourth-order valence-electron chi connectivity index (χ4n) is 5.04. The average Bonchev–Trinajstić information content (AvgIpc) is 3.23. The maximum absolute atomic E-state index is 13.5. The maximum atomic E-state index is 13.5. The van der Waals surface area contributed by atoms with Crippen LogP contribution in [0.25, 0.3) is 6.08 Å². The third-order valence-electron chi connectivity index (χ3n) is 7.31. The van der Waals surface area contributed by atoms with Crippen LogP contribution < -0.4 is 15.2 Å². The molecule has 1 amide bonds. The van der Waals surface area contributed by atoms with Crippen LogP contribution >= 0.6 is 24.0 Å². The van der Waals surface area contributed by atoms with E-state index in [-0.39, 0.29) is 23.4 Å². The smallest absolute Gasteiger partial charge is 0.309 e.